The number of carbonyl (C=O) groups excluding carboxylic acids is 3. The van der Waals surface area contributed by atoms with E-state index in [4.69, 9.17) is 0 Å². The molecule has 0 saturated carbocycles. The van der Waals surface area contributed by atoms with Gasteiger partial charge in [-0.05, 0) is 50.5 Å². The highest BCUT2D eigenvalue weighted by molar-refractivity contribution is 5.85. The molecule has 2 aliphatic rings. The molecule has 7 nitrogen and oxygen atoms in total. The zero-order valence-electron chi connectivity index (χ0n) is 16.6. The molecule has 8 heteroatoms. The second-order valence-electron chi connectivity index (χ2n) is 7.95. The maximum atomic E-state index is 12.3. The second kappa shape index (κ2) is 12.2. The highest BCUT2D eigenvalue weighted by atomic mass is 35.5. The molecule has 27 heavy (non-hydrogen) atoms. The van der Waals surface area contributed by atoms with Crippen LogP contribution < -0.4 is 16.0 Å². The maximum absolute atomic E-state index is 12.3. The molecule has 156 valence electrons. The van der Waals surface area contributed by atoms with E-state index in [1.165, 1.54) is 0 Å². The number of nitrogens with zero attached hydrogens (tertiary/aromatic N) is 1. The minimum absolute atomic E-state index is 0. The van der Waals surface area contributed by atoms with Crippen molar-refractivity contribution in [3.63, 3.8) is 0 Å². The molecule has 0 radical (unpaired) electrons. The fourth-order valence-corrected chi connectivity index (χ4v) is 3.53. The molecule has 0 aliphatic carbocycles. The molecule has 2 unspecified atom stereocenters. The molecule has 3 N–H and O–H groups in total. The van der Waals surface area contributed by atoms with Crippen molar-refractivity contribution in [2.45, 2.75) is 58.4 Å². The third kappa shape index (κ3) is 8.47. The Morgan fingerprint density at radius 3 is 2.59 bits per heavy atom. The fourth-order valence-electron chi connectivity index (χ4n) is 3.53. The molecule has 0 aromatic rings. The molecule has 2 aliphatic heterocycles. The third-order valence-corrected chi connectivity index (χ3v) is 5.20. The Hall–Kier alpha value is -1.34. The van der Waals surface area contributed by atoms with E-state index in [2.05, 4.69) is 29.8 Å². The Bertz CT molecular complexity index is 495. The van der Waals surface area contributed by atoms with Crippen LogP contribution in [0.2, 0.25) is 0 Å². The molecule has 2 atom stereocenters. The number of likely N-dealkylation sites (tertiary alicyclic amines) is 1. The smallest absolute Gasteiger partial charge is 0.241 e. The van der Waals surface area contributed by atoms with Crippen molar-refractivity contribution in [3.05, 3.63) is 0 Å². The lowest BCUT2D eigenvalue weighted by Crippen LogP contribution is -2.48. The number of halogens is 1. The molecule has 0 aromatic heterocycles. The molecule has 3 amide bonds. The lowest BCUT2D eigenvalue weighted by atomic mass is 9.97. The van der Waals surface area contributed by atoms with Crippen LogP contribution in [0, 0.1) is 11.8 Å². The van der Waals surface area contributed by atoms with E-state index in [9.17, 15) is 14.4 Å². The number of carbonyl (C=O) groups is 3. The minimum Gasteiger partial charge on any atom is -0.354 e. The lowest BCUT2D eigenvalue weighted by molar-refractivity contribution is -0.134. The summed E-state index contributed by atoms with van der Waals surface area (Å²) in [6, 6.07) is -0.0580. The van der Waals surface area contributed by atoms with Crippen molar-refractivity contribution >= 4 is 30.1 Å². The van der Waals surface area contributed by atoms with E-state index < -0.39 is 0 Å². The maximum Gasteiger partial charge on any atom is 0.241 e. The van der Waals surface area contributed by atoms with E-state index in [1.807, 2.05) is 4.90 Å². The van der Waals surface area contributed by atoms with Gasteiger partial charge in [-0.3, -0.25) is 14.4 Å². The van der Waals surface area contributed by atoms with Crippen molar-refractivity contribution in [1.82, 2.24) is 20.9 Å². The van der Waals surface area contributed by atoms with Gasteiger partial charge in [0.25, 0.3) is 0 Å². The van der Waals surface area contributed by atoms with Crippen molar-refractivity contribution in [1.29, 1.82) is 0 Å². The van der Waals surface area contributed by atoms with Crippen LogP contribution in [0.4, 0.5) is 0 Å². The van der Waals surface area contributed by atoms with Gasteiger partial charge in [0.2, 0.25) is 17.7 Å². The zero-order valence-corrected chi connectivity index (χ0v) is 17.4. The first-order chi connectivity index (χ1) is 12.5. The lowest BCUT2D eigenvalue weighted by Gasteiger charge is -2.33. The standard InChI is InChI=1S/C19H34N4O3.ClH/c1-14(2)7-8-17(24)21-12-18(25)23-10-4-5-15(13-23)11-22-19(26)16-6-3-9-20-16;/h14-16,20H,3-13H2,1-2H3,(H,21,24)(H,22,26);1H. The van der Waals surface area contributed by atoms with Crippen LogP contribution >= 0.6 is 12.4 Å². The summed E-state index contributed by atoms with van der Waals surface area (Å²) in [6.07, 6.45) is 5.21. The van der Waals surface area contributed by atoms with Crippen molar-refractivity contribution in [3.8, 4) is 0 Å². The average molecular weight is 403 g/mol. The number of hydrogen-bond donors (Lipinski definition) is 3. The first-order valence-electron chi connectivity index (χ1n) is 10.0. The molecule has 0 bridgehead atoms. The first-order valence-corrected chi connectivity index (χ1v) is 10.0. The Labute approximate surface area is 168 Å². The van der Waals surface area contributed by atoms with Crippen LogP contribution in [-0.2, 0) is 14.4 Å². The van der Waals surface area contributed by atoms with Gasteiger partial charge in [0, 0.05) is 26.1 Å². The second-order valence-corrected chi connectivity index (χ2v) is 7.95. The summed E-state index contributed by atoms with van der Waals surface area (Å²) in [5, 5.41) is 8.95. The Kier molecular flexibility index (Phi) is 10.7. The Morgan fingerprint density at radius 1 is 1.15 bits per heavy atom. The molecule has 2 heterocycles. The van der Waals surface area contributed by atoms with Crippen LogP contribution in [-0.4, -0.2) is 61.4 Å². The van der Waals surface area contributed by atoms with Gasteiger partial charge in [-0.1, -0.05) is 13.8 Å². The quantitative estimate of drug-likeness (QED) is 0.566. The van der Waals surface area contributed by atoms with Crippen LogP contribution in [0.15, 0.2) is 0 Å². The number of hydrogen-bond acceptors (Lipinski definition) is 4. The van der Waals surface area contributed by atoms with Crippen LogP contribution in [0.25, 0.3) is 0 Å². The monoisotopic (exact) mass is 402 g/mol. The first kappa shape index (κ1) is 23.7. The molecule has 2 fully saturated rings. The van der Waals surface area contributed by atoms with Crippen molar-refractivity contribution in [2.24, 2.45) is 11.8 Å². The molecule has 2 rings (SSSR count). The van der Waals surface area contributed by atoms with Crippen molar-refractivity contribution in [2.75, 3.05) is 32.7 Å². The van der Waals surface area contributed by atoms with E-state index in [0.717, 1.165) is 45.2 Å². The van der Waals surface area contributed by atoms with Crippen molar-refractivity contribution < 1.29 is 14.4 Å². The van der Waals surface area contributed by atoms with Gasteiger partial charge < -0.3 is 20.9 Å². The van der Waals surface area contributed by atoms with Gasteiger partial charge in [-0.15, -0.1) is 12.4 Å². The van der Waals surface area contributed by atoms with Gasteiger partial charge in [-0.25, -0.2) is 0 Å². The normalized spacial score (nSPS) is 22.3. The molecular formula is C19H35ClN4O3. The third-order valence-electron chi connectivity index (χ3n) is 5.20. The summed E-state index contributed by atoms with van der Waals surface area (Å²) in [5.41, 5.74) is 0. The zero-order chi connectivity index (χ0) is 18.9. The summed E-state index contributed by atoms with van der Waals surface area (Å²) < 4.78 is 0. The van der Waals surface area contributed by atoms with E-state index in [-0.39, 0.29) is 48.6 Å². The number of amides is 3. The number of piperidine rings is 1. The van der Waals surface area contributed by atoms with Crippen LogP contribution in [0.5, 0.6) is 0 Å². The predicted molar refractivity (Wildman–Crippen MR) is 108 cm³/mol. The summed E-state index contributed by atoms with van der Waals surface area (Å²) in [7, 11) is 0. The van der Waals surface area contributed by atoms with Crippen LogP contribution in [0.1, 0.15) is 52.4 Å². The number of nitrogens with one attached hydrogen (secondary N) is 3. The summed E-state index contributed by atoms with van der Waals surface area (Å²) in [6.45, 7) is 7.13. The van der Waals surface area contributed by atoms with Gasteiger partial charge in [0.05, 0.1) is 12.6 Å². The predicted octanol–water partition coefficient (Wildman–Crippen LogP) is 1.07. The fraction of sp³-hybridized carbons (Fsp3) is 0.842. The highest BCUT2D eigenvalue weighted by Crippen LogP contribution is 2.16. The van der Waals surface area contributed by atoms with E-state index >= 15 is 0 Å². The minimum atomic E-state index is -0.0584. The largest absolute Gasteiger partial charge is 0.354 e. The van der Waals surface area contributed by atoms with Gasteiger partial charge >= 0.3 is 0 Å². The molecule has 0 spiro atoms. The average Bonchev–Trinajstić information content (AvgIpc) is 3.17. The van der Waals surface area contributed by atoms with Gasteiger partial charge in [0.15, 0.2) is 0 Å². The highest BCUT2D eigenvalue weighted by Gasteiger charge is 2.26. The summed E-state index contributed by atoms with van der Waals surface area (Å²) >= 11 is 0. The van der Waals surface area contributed by atoms with Gasteiger partial charge in [0.1, 0.15) is 0 Å². The summed E-state index contributed by atoms with van der Waals surface area (Å²) in [4.78, 5) is 38.0. The Balaban J connectivity index is 0.00000364. The topological polar surface area (TPSA) is 90.5 Å². The number of rotatable bonds is 8. The van der Waals surface area contributed by atoms with E-state index in [1.54, 1.807) is 0 Å². The van der Waals surface area contributed by atoms with Crippen LogP contribution in [0.3, 0.4) is 0 Å². The Morgan fingerprint density at radius 2 is 1.93 bits per heavy atom. The molecular weight excluding hydrogens is 368 g/mol. The van der Waals surface area contributed by atoms with Gasteiger partial charge in [-0.2, -0.15) is 0 Å². The summed E-state index contributed by atoms with van der Waals surface area (Å²) in [5.74, 6) is 0.750. The SMILES string of the molecule is CC(C)CCC(=O)NCC(=O)N1CCCC(CNC(=O)C2CCCN2)C1.Cl. The molecule has 2 saturated heterocycles. The van der Waals surface area contributed by atoms with E-state index in [0.29, 0.717) is 25.4 Å². The molecule has 0 aromatic carbocycles.